The summed E-state index contributed by atoms with van der Waals surface area (Å²) in [4.78, 5) is 13.4. The van der Waals surface area contributed by atoms with Gasteiger partial charge >= 0.3 is 5.97 Å². The van der Waals surface area contributed by atoms with Crippen molar-refractivity contribution < 1.29 is 9.53 Å². The van der Waals surface area contributed by atoms with Crippen molar-refractivity contribution in [3.05, 3.63) is 35.4 Å². The molecule has 0 saturated carbocycles. The van der Waals surface area contributed by atoms with Crippen LogP contribution in [0.4, 0.5) is 0 Å². The number of hydrogen-bond donors (Lipinski definition) is 1. The number of carbonyl (C=O) groups excluding carboxylic acids is 1. The van der Waals surface area contributed by atoms with E-state index in [2.05, 4.69) is 17.9 Å². The molecule has 0 aromatic heterocycles. The van der Waals surface area contributed by atoms with Gasteiger partial charge in [0.15, 0.2) is 0 Å². The predicted molar refractivity (Wildman–Crippen MR) is 71.9 cm³/mol. The Kier molecular flexibility index (Phi) is 6.39. The van der Waals surface area contributed by atoms with Crippen LogP contribution in [0.3, 0.4) is 0 Å². The zero-order chi connectivity index (χ0) is 13.4. The van der Waals surface area contributed by atoms with Crippen molar-refractivity contribution >= 4 is 5.97 Å². The largest absolute Gasteiger partial charge is 0.468 e. The van der Waals surface area contributed by atoms with E-state index in [1.165, 1.54) is 12.7 Å². The second kappa shape index (κ2) is 7.84. The Morgan fingerprint density at radius 1 is 1.33 bits per heavy atom. The lowest BCUT2D eigenvalue weighted by molar-refractivity contribution is -0.142. The van der Waals surface area contributed by atoms with Crippen molar-refractivity contribution in [1.29, 1.82) is 0 Å². The fourth-order valence-corrected chi connectivity index (χ4v) is 1.93. The van der Waals surface area contributed by atoms with E-state index in [0.717, 1.165) is 25.1 Å². The van der Waals surface area contributed by atoms with Gasteiger partial charge in [-0.2, -0.15) is 0 Å². The van der Waals surface area contributed by atoms with E-state index in [9.17, 15) is 4.79 Å². The van der Waals surface area contributed by atoms with Crippen molar-refractivity contribution in [2.24, 2.45) is 5.73 Å². The van der Waals surface area contributed by atoms with Crippen LogP contribution in [0.25, 0.3) is 0 Å². The summed E-state index contributed by atoms with van der Waals surface area (Å²) >= 11 is 0. The van der Waals surface area contributed by atoms with Crippen molar-refractivity contribution in [2.75, 3.05) is 20.2 Å². The monoisotopic (exact) mass is 250 g/mol. The van der Waals surface area contributed by atoms with Gasteiger partial charge in [0.2, 0.25) is 0 Å². The molecule has 0 spiro atoms. The highest BCUT2D eigenvalue weighted by atomic mass is 16.5. The van der Waals surface area contributed by atoms with E-state index in [4.69, 9.17) is 10.5 Å². The first-order chi connectivity index (χ1) is 8.71. The van der Waals surface area contributed by atoms with Crippen molar-refractivity contribution in [2.45, 2.75) is 26.4 Å². The highest BCUT2D eigenvalue weighted by Crippen LogP contribution is 2.11. The van der Waals surface area contributed by atoms with Crippen LogP contribution in [0.5, 0.6) is 0 Å². The summed E-state index contributed by atoms with van der Waals surface area (Å²) in [6.07, 6.45) is 1.00. The van der Waals surface area contributed by atoms with E-state index in [-0.39, 0.29) is 5.97 Å². The average molecular weight is 250 g/mol. The van der Waals surface area contributed by atoms with Gasteiger partial charge in [0.25, 0.3) is 0 Å². The van der Waals surface area contributed by atoms with Crippen LogP contribution < -0.4 is 5.73 Å². The smallest absolute Gasteiger partial charge is 0.319 e. The molecule has 0 aliphatic heterocycles. The third-order valence-electron chi connectivity index (χ3n) is 2.85. The Hall–Kier alpha value is -1.39. The predicted octanol–water partition coefficient (Wildman–Crippen LogP) is 1.53. The zero-order valence-electron chi connectivity index (χ0n) is 11.2. The maximum absolute atomic E-state index is 11.4. The molecule has 18 heavy (non-hydrogen) atoms. The molecular weight excluding hydrogens is 228 g/mol. The molecule has 1 rings (SSSR count). The maximum atomic E-state index is 11.4. The Bertz CT molecular complexity index is 380. The third kappa shape index (κ3) is 4.47. The second-order valence-corrected chi connectivity index (χ2v) is 4.26. The summed E-state index contributed by atoms with van der Waals surface area (Å²) < 4.78 is 4.72. The van der Waals surface area contributed by atoms with Crippen molar-refractivity contribution in [3.63, 3.8) is 0 Å². The molecule has 0 heterocycles. The molecule has 0 unspecified atom stereocenters. The minimum atomic E-state index is -0.200. The first-order valence-corrected chi connectivity index (χ1v) is 6.27. The van der Waals surface area contributed by atoms with Crippen LogP contribution in [0.15, 0.2) is 24.3 Å². The Balaban J connectivity index is 2.72. The fourth-order valence-electron chi connectivity index (χ4n) is 1.93. The fraction of sp³-hybridized carbons (Fsp3) is 0.500. The summed E-state index contributed by atoms with van der Waals surface area (Å²) in [5, 5.41) is 0. The van der Waals surface area contributed by atoms with E-state index in [1.54, 1.807) is 0 Å². The molecule has 0 aliphatic rings. The zero-order valence-corrected chi connectivity index (χ0v) is 11.2. The molecule has 0 radical (unpaired) electrons. The number of carbonyl (C=O) groups is 1. The number of methoxy groups -OCH3 is 1. The highest BCUT2D eigenvalue weighted by molar-refractivity contribution is 5.71. The van der Waals surface area contributed by atoms with E-state index in [0.29, 0.717) is 13.1 Å². The van der Waals surface area contributed by atoms with Gasteiger partial charge in [-0.05, 0) is 24.1 Å². The third-order valence-corrected chi connectivity index (χ3v) is 2.85. The molecule has 4 nitrogen and oxygen atoms in total. The maximum Gasteiger partial charge on any atom is 0.319 e. The quantitative estimate of drug-likeness (QED) is 0.746. The standard InChI is InChI=1S/C14H22N2O2/c1-3-8-16(11-14(17)18-2)10-13-7-5-4-6-12(13)9-15/h4-7H,3,8-11,15H2,1-2H3. The minimum Gasteiger partial charge on any atom is -0.468 e. The summed E-state index contributed by atoms with van der Waals surface area (Å²) in [5.41, 5.74) is 8.02. The lowest BCUT2D eigenvalue weighted by Gasteiger charge is -2.21. The van der Waals surface area contributed by atoms with Crippen LogP contribution in [0.2, 0.25) is 0 Å². The second-order valence-electron chi connectivity index (χ2n) is 4.26. The molecule has 0 aliphatic carbocycles. The SMILES string of the molecule is CCCN(CC(=O)OC)Cc1ccccc1CN. The molecule has 1 aromatic rings. The number of nitrogens with two attached hydrogens (primary N) is 1. The van der Waals surface area contributed by atoms with Gasteiger partial charge < -0.3 is 10.5 Å². The van der Waals surface area contributed by atoms with Crippen LogP contribution in [0.1, 0.15) is 24.5 Å². The number of benzene rings is 1. The molecule has 1 aromatic carbocycles. The molecule has 0 saturated heterocycles. The molecule has 0 fully saturated rings. The average Bonchev–Trinajstić information content (AvgIpc) is 2.39. The Labute approximate surface area is 109 Å². The highest BCUT2D eigenvalue weighted by Gasteiger charge is 2.12. The molecule has 2 N–H and O–H groups in total. The number of rotatable bonds is 7. The summed E-state index contributed by atoms with van der Waals surface area (Å²) in [7, 11) is 1.42. The van der Waals surface area contributed by atoms with Crippen LogP contribution >= 0.6 is 0 Å². The summed E-state index contributed by atoms with van der Waals surface area (Å²) in [6, 6.07) is 8.06. The number of esters is 1. The van der Waals surface area contributed by atoms with Gasteiger partial charge in [-0.25, -0.2) is 0 Å². The lowest BCUT2D eigenvalue weighted by atomic mass is 10.1. The van der Waals surface area contributed by atoms with Gasteiger partial charge in [-0.1, -0.05) is 31.2 Å². The molecule has 100 valence electrons. The molecule has 0 atom stereocenters. The van der Waals surface area contributed by atoms with Crippen LogP contribution in [-0.4, -0.2) is 31.1 Å². The summed E-state index contributed by atoms with van der Waals surface area (Å²) in [6.45, 7) is 4.54. The summed E-state index contributed by atoms with van der Waals surface area (Å²) in [5.74, 6) is -0.200. The number of ether oxygens (including phenoxy) is 1. The van der Waals surface area contributed by atoms with Crippen molar-refractivity contribution in [1.82, 2.24) is 4.90 Å². The van der Waals surface area contributed by atoms with Gasteiger partial charge in [0.05, 0.1) is 13.7 Å². The lowest BCUT2D eigenvalue weighted by Crippen LogP contribution is -2.31. The van der Waals surface area contributed by atoms with Gasteiger partial charge in [0.1, 0.15) is 0 Å². The normalized spacial score (nSPS) is 10.7. The molecule has 0 amide bonds. The van der Waals surface area contributed by atoms with E-state index >= 15 is 0 Å². The molecule has 0 bridgehead atoms. The van der Waals surface area contributed by atoms with E-state index < -0.39 is 0 Å². The topological polar surface area (TPSA) is 55.6 Å². The van der Waals surface area contributed by atoms with Gasteiger partial charge in [-0.15, -0.1) is 0 Å². The van der Waals surface area contributed by atoms with Crippen LogP contribution in [-0.2, 0) is 22.6 Å². The first-order valence-electron chi connectivity index (χ1n) is 6.27. The number of hydrogen-bond acceptors (Lipinski definition) is 4. The number of nitrogens with zero attached hydrogens (tertiary/aromatic N) is 1. The van der Waals surface area contributed by atoms with Crippen molar-refractivity contribution in [3.8, 4) is 0 Å². The van der Waals surface area contributed by atoms with E-state index in [1.807, 2.05) is 18.2 Å². The molecular formula is C14H22N2O2. The molecule has 4 heteroatoms. The van der Waals surface area contributed by atoms with Crippen LogP contribution in [0, 0.1) is 0 Å². The Morgan fingerprint density at radius 3 is 2.56 bits per heavy atom. The Morgan fingerprint density at radius 2 is 2.00 bits per heavy atom. The van der Waals surface area contributed by atoms with Gasteiger partial charge in [-0.3, -0.25) is 9.69 Å². The minimum absolute atomic E-state index is 0.200. The first kappa shape index (κ1) is 14.7. The van der Waals surface area contributed by atoms with Gasteiger partial charge in [0, 0.05) is 13.1 Å².